The van der Waals surface area contributed by atoms with E-state index in [-0.39, 0.29) is 6.04 Å². The summed E-state index contributed by atoms with van der Waals surface area (Å²) in [5, 5.41) is 8.56. The summed E-state index contributed by atoms with van der Waals surface area (Å²) in [5.74, 6) is 0.844. The first-order chi connectivity index (χ1) is 10.1. The summed E-state index contributed by atoms with van der Waals surface area (Å²) in [7, 11) is 5.61. The highest BCUT2D eigenvalue weighted by Crippen LogP contribution is 2.30. The van der Waals surface area contributed by atoms with Crippen molar-refractivity contribution in [1.82, 2.24) is 15.1 Å². The van der Waals surface area contributed by atoms with Gasteiger partial charge in [-0.25, -0.2) is 0 Å². The maximum absolute atomic E-state index is 6.13. The molecule has 0 aliphatic heterocycles. The Hall–Kier alpha value is -1.52. The number of rotatable bonds is 6. The van der Waals surface area contributed by atoms with Gasteiger partial charge in [0.15, 0.2) is 0 Å². The second-order valence-electron chi connectivity index (χ2n) is 5.04. The molecule has 1 aromatic carbocycles. The minimum absolute atomic E-state index is 0.124. The lowest BCUT2D eigenvalue weighted by molar-refractivity contribution is 0.400. The van der Waals surface area contributed by atoms with E-state index in [1.54, 1.807) is 7.11 Å². The van der Waals surface area contributed by atoms with E-state index >= 15 is 0 Å². The first-order valence-corrected chi connectivity index (χ1v) is 7.49. The summed E-state index contributed by atoms with van der Waals surface area (Å²) in [4.78, 5) is 0. The van der Waals surface area contributed by atoms with Gasteiger partial charge in [0.05, 0.1) is 12.8 Å². The second-order valence-corrected chi connectivity index (χ2v) is 5.47. The molecule has 0 saturated heterocycles. The van der Waals surface area contributed by atoms with Crippen LogP contribution < -0.4 is 10.1 Å². The number of hydrogen-bond donors (Lipinski definition) is 1. The maximum atomic E-state index is 6.13. The number of aryl methyl sites for hydroxylation is 2. The van der Waals surface area contributed by atoms with Gasteiger partial charge in [-0.15, -0.1) is 0 Å². The molecule has 2 aromatic rings. The van der Waals surface area contributed by atoms with Gasteiger partial charge in [0, 0.05) is 35.8 Å². The van der Waals surface area contributed by atoms with Gasteiger partial charge in [-0.05, 0) is 37.7 Å². The number of hydrogen-bond acceptors (Lipinski definition) is 3. The number of methoxy groups -OCH3 is 1. The molecule has 0 radical (unpaired) electrons. The van der Waals surface area contributed by atoms with E-state index in [0.29, 0.717) is 5.02 Å². The van der Waals surface area contributed by atoms with Gasteiger partial charge >= 0.3 is 0 Å². The third kappa shape index (κ3) is 3.57. The monoisotopic (exact) mass is 307 g/mol. The molecule has 0 aliphatic rings. The molecule has 0 aliphatic carbocycles. The molecule has 1 heterocycles. The van der Waals surface area contributed by atoms with Crippen molar-refractivity contribution in [2.24, 2.45) is 7.05 Å². The Kier molecular flexibility index (Phi) is 5.26. The Bertz CT molecular complexity index is 610. The summed E-state index contributed by atoms with van der Waals surface area (Å²) in [6.07, 6.45) is 1.77. The van der Waals surface area contributed by atoms with Crippen molar-refractivity contribution in [3.63, 3.8) is 0 Å². The minimum Gasteiger partial charge on any atom is -0.496 e. The summed E-state index contributed by atoms with van der Waals surface area (Å²) < 4.78 is 7.40. The Morgan fingerprint density at radius 1 is 1.38 bits per heavy atom. The van der Waals surface area contributed by atoms with E-state index in [2.05, 4.69) is 23.4 Å². The highest BCUT2D eigenvalue weighted by molar-refractivity contribution is 6.30. The SMILES string of the molecule is CCc1cc(CC(NC)c2cc(Cl)ccc2OC)n(C)n1. The number of aromatic nitrogens is 2. The lowest BCUT2D eigenvalue weighted by Crippen LogP contribution is -2.20. The highest BCUT2D eigenvalue weighted by atomic mass is 35.5. The van der Waals surface area contributed by atoms with Crippen LogP contribution in [0.3, 0.4) is 0 Å². The molecule has 114 valence electrons. The molecule has 2 rings (SSSR count). The van der Waals surface area contributed by atoms with Crippen LogP contribution >= 0.6 is 11.6 Å². The number of likely N-dealkylation sites (N-methyl/N-ethyl adjacent to an activating group) is 1. The van der Waals surface area contributed by atoms with E-state index < -0.39 is 0 Å². The van der Waals surface area contributed by atoms with E-state index in [1.807, 2.05) is 37.0 Å². The predicted molar refractivity (Wildman–Crippen MR) is 86.1 cm³/mol. The fourth-order valence-electron chi connectivity index (χ4n) is 2.49. The molecule has 1 atom stereocenters. The quantitative estimate of drug-likeness (QED) is 0.891. The smallest absolute Gasteiger partial charge is 0.123 e. The predicted octanol–water partition coefficient (Wildman–Crippen LogP) is 3.15. The molecular formula is C16H22ClN3O. The fraction of sp³-hybridized carbons (Fsp3) is 0.438. The Morgan fingerprint density at radius 2 is 2.14 bits per heavy atom. The lowest BCUT2D eigenvalue weighted by Gasteiger charge is -2.19. The molecule has 21 heavy (non-hydrogen) atoms. The molecule has 0 fully saturated rings. The van der Waals surface area contributed by atoms with Crippen molar-refractivity contribution in [2.45, 2.75) is 25.8 Å². The van der Waals surface area contributed by atoms with Crippen LogP contribution in [-0.2, 0) is 19.9 Å². The molecule has 1 unspecified atom stereocenters. The minimum atomic E-state index is 0.124. The van der Waals surface area contributed by atoms with Gasteiger partial charge in [0.2, 0.25) is 0 Å². The van der Waals surface area contributed by atoms with Gasteiger partial charge in [0.25, 0.3) is 0 Å². The van der Waals surface area contributed by atoms with Crippen LogP contribution in [0.2, 0.25) is 5.02 Å². The van der Waals surface area contributed by atoms with Crippen molar-refractivity contribution < 1.29 is 4.74 Å². The first kappa shape index (κ1) is 15.9. The fourth-order valence-corrected chi connectivity index (χ4v) is 2.67. The van der Waals surface area contributed by atoms with E-state index in [0.717, 1.165) is 29.8 Å². The molecule has 0 saturated carbocycles. The number of nitrogens with zero attached hydrogens (tertiary/aromatic N) is 2. The molecule has 0 spiro atoms. The molecule has 5 heteroatoms. The van der Waals surface area contributed by atoms with Gasteiger partial charge in [-0.2, -0.15) is 5.10 Å². The lowest BCUT2D eigenvalue weighted by atomic mass is 10.0. The second kappa shape index (κ2) is 6.96. The van der Waals surface area contributed by atoms with Crippen molar-refractivity contribution in [2.75, 3.05) is 14.2 Å². The van der Waals surface area contributed by atoms with Crippen LogP contribution in [0.1, 0.15) is 29.9 Å². The third-order valence-electron chi connectivity index (χ3n) is 3.72. The van der Waals surface area contributed by atoms with Gasteiger partial charge in [-0.3, -0.25) is 4.68 Å². The summed E-state index contributed by atoms with van der Waals surface area (Å²) >= 11 is 6.13. The summed E-state index contributed by atoms with van der Waals surface area (Å²) in [5.41, 5.74) is 3.36. The summed E-state index contributed by atoms with van der Waals surface area (Å²) in [6.45, 7) is 2.11. The van der Waals surface area contributed by atoms with E-state index in [4.69, 9.17) is 16.3 Å². The Morgan fingerprint density at radius 3 is 2.71 bits per heavy atom. The molecule has 1 N–H and O–H groups in total. The van der Waals surface area contributed by atoms with Crippen LogP contribution in [0, 0.1) is 0 Å². The zero-order valence-corrected chi connectivity index (χ0v) is 13.7. The maximum Gasteiger partial charge on any atom is 0.123 e. The number of nitrogens with one attached hydrogen (secondary N) is 1. The summed E-state index contributed by atoms with van der Waals surface area (Å²) in [6, 6.07) is 7.98. The Balaban J connectivity index is 2.31. The average molecular weight is 308 g/mol. The van der Waals surface area contributed by atoms with E-state index in [1.165, 1.54) is 5.69 Å². The van der Waals surface area contributed by atoms with Crippen LogP contribution in [0.4, 0.5) is 0 Å². The van der Waals surface area contributed by atoms with Crippen molar-refractivity contribution in [1.29, 1.82) is 0 Å². The third-order valence-corrected chi connectivity index (χ3v) is 3.95. The molecule has 4 nitrogen and oxygen atoms in total. The van der Waals surface area contributed by atoms with Gasteiger partial charge in [-0.1, -0.05) is 18.5 Å². The van der Waals surface area contributed by atoms with Gasteiger partial charge in [0.1, 0.15) is 5.75 Å². The highest BCUT2D eigenvalue weighted by Gasteiger charge is 2.18. The van der Waals surface area contributed by atoms with Crippen molar-refractivity contribution in [3.8, 4) is 5.75 Å². The topological polar surface area (TPSA) is 39.1 Å². The van der Waals surface area contributed by atoms with E-state index in [9.17, 15) is 0 Å². The van der Waals surface area contributed by atoms with Crippen LogP contribution in [0.5, 0.6) is 5.75 Å². The normalized spacial score (nSPS) is 12.4. The van der Waals surface area contributed by atoms with Gasteiger partial charge < -0.3 is 10.1 Å². The molecule has 0 bridgehead atoms. The zero-order valence-electron chi connectivity index (χ0n) is 13.0. The number of benzene rings is 1. The first-order valence-electron chi connectivity index (χ1n) is 7.11. The largest absolute Gasteiger partial charge is 0.496 e. The number of ether oxygens (including phenoxy) is 1. The standard InChI is InChI=1S/C16H22ClN3O/c1-5-12-9-13(20(3)19-12)10-15(18-2)14-8-11(17)6-7-16(14)21-4/h6-9,15,18H,5,10H2,1-4H3. The zero-order chi connectivity index (χ0) is 15.4. The molecule has 1 aromatic heterocycles. The van der Waals surface area contributed by atoms with Crippen molar-refractivity contribution in [3.05, 3.63) is 46.2 Å². The molecule has 0 amide bonds. The number of halogens is 1. The average Bonchev–Trinajstić information content (AvgIpc) is 2.85. The van der Waals surface area contributed by atoms with Crippen LogP contribution in [0.25, 0.3) is 0 Å². The van der Waals surface area contributed by atoms with Crippen LogP contribution in [-0.4, -0.2) is 23.9 Å². The van der Waals surface area contributed by atoms with Crippen molar-refractivity contribution >= 4 is 11.6 Å². The Labute approximate surface area is 131 Å². The van der Waals surface area contributed by atoms with Crippen LogP contribution in [0.15, 0.2) is 24.3 Å². The molecular weight excluding hydrogens is 286 g/mol.